The van der Waals surface area contributed by atoms with Crippen LogP contribution in [-0.4, -0.2) is 62.7 Å². The van der Waals surface area contributed by atoms with Gasteiger partial charge in [-0.15, -0.1) is 15.3 Å². The minimum Gasteiger partial charge on any atom is -0.505 e. The number of H-pyrrole nitrogens is 1. The number of aromatic nitrogens is 3. The number of benzene rings is 3. The molecule has 0 saturated carbocycles. The van der Waals surface area contributed by atoms with Gasteiger partial charge < -0.3 is 29.0 Å². The van der Waals surface area contributed by atoms with Crippen molar-refractivity contribution in [2.45, 2.75) is 23.6 Å². The van der Waals surface area contributed by atoms with Gasteiger partial charge in [0, 0.05) is 35.6 Å². The van der Waals surface area contributed by atoms with E-state index in [0.29, 0.717) is 5.69 Å². The Morgan fingerprint density at radius 2 is 1.52 bits per heavy atom. The normalized spacial score (nSPS) is 12.1. The zero-order valence-corrected chi connectivity index (χ0v) is 27.0. The third-order valence-electron chi connectivity index (χ3n) is 6.07. The first-order valence-electron chi connectivity index (χ1n) is 12.8. The van der Waals surface area contributed by atoms with Gasteiger partial charge in [-0.1, -0.05) is 6.07 Å². The summed E-state index contributed by atoms with van der Waals surface area (Å²) in [6.45, 7) is 2.65. The molecule has 3 aromatic carbocycles. The average molecular weight is 751 g/mol. The molecule has 5 aromatic rings. The number of nitrogens with zero attached hydrogens (tertiary/aromatic N) is 6. The first-order valence-corrected chi connectivity index (χ1v) is 15.8. The molecule has 0 saturated heterocycles. The van der Waals surface area contributed by atoms with Crippen molar-refractivity contribution in [2.75, 3.05) is 0 Å². The second-order valence-electron chi connectivity index (χ2n) is 9.47. The molecule has 257 valence electrons. The number of azo groups is 2. The standard InChI is InChI=1S/C25H21N7O9S2.C2H4O2.Cu/c1-13-22(25(35)32(31-13)16-4-6-17(7-5-16)42(36,37)38)29-27-15-3-2-14-10-21(43(39,40)41)23(24(34)18(14)11-15)30-28-19-8-9-26-12-20(19)33;1-2(3)4;/h2-12,31,33-34,39-41H,1H3,(H,36,37,38);1H3,(H,3,4);. The summed E-state index contributed by atoms with van der Waals surface area (Å²) < 4.78 is 62.8. The van der Waals surface area contributed by atoms with Gasteiger partial charge in [0.2, 0.25) is 0 Å². The van der Waals surface area contributed by atoms with Crippen LogP contribution < -0.4 is 5.56 Å². The smallest absolute Gasteiger partial charge is 0.300 e. The Morgan fingerprint density at radius 1 is 0.896 bits per heavy atom. The van der Waals surface area contributed by atoms with Gasteiger partial charge in [-0.05, 0) is 60.8 Å². The predicted octanol–water partition coefficient (Wildman–Crippen LogP) is 6.18. The molecule has 0 amide bonds. The van der Waals surface area contributed by atoms with E-state index in [-0.39, 0.29) is 61.2 Å². The van der Waals surface area contributed by atoms with E-state index in [4.69, 9.17) is 14.5 Å². The Bertz CT molecular complexity index is 2210. The molecule has 0 unspecified atom stereocenters. The van der Waals surface area contributed by atoms with E-state index in [9.17, 15) is 37.1 Å². The number of nitrogens with one attached hydrogen (secondary N) is 1. The van der Waals surface area contributed by atoms with E-state index in [1.165, 1.54) is 48.7 Å². The second-order valence-corrected chi connectivity index (χ2v) is 12.4. The summed E-state index contributed by atoms with van der Waals surface area (Å²) >= 11 is 0. The number of hydrogen-bond donors (Lipinski definition) is 8. The fourth-order valence-electron chi connectivity index (χ4n) is 3.98. The van der Waals surface area contributed by atoms with Crippen molar-refractivity contribution in [2.24, 2.45) is 20.5 Å². The van der Waals surface area contributed by atoms with Gasteiger partial charge >= 0.3 is 0 Å². The number of phenols is 1. The van der Waals surface area contributed by atoms with Crippen molar-refractivity contribution >= 4 is 60.5 Å². The first-order chi connectivity index (χ1) is 22.0. The Morgan fingerprint density at radius 3 is 2.10 bits per heavy atom. The van der Waals surface area contributed by atoms with E-state index >= 15 is 0 Å². The van der Waals surface area contributed by atoms with Crippen molar-refractivity contribution in [3.8, 4) is 17.2 Å². The van der Waals surface area contributed by atoms with E-state index in [1.807, 2.05) is 0 Å². The monoisotopic (exact) mass is 750 g/mol. The average Bonchev–Trinajstić information content (AvgIpc) is 3.27. The molecule has 48 heavy (non-hydrogen) atoms. The van der Waals surface area contributed by atoms with Crippen molar-refractivity contribution in [3.05, 3.63) is 83.0 Å². The number of aryl methyl sites for hydroxylation is 1. The Labute approximate surface area is 282 Å². The zero-order valence-electron chi connectivity index (χ0n) is 24.4. The van der Waals surface area contributed by atoms with Crippen molar-refractivity contribution in [1.82, 2.24) is 14.8 Å². The van der Waals surface area contributed by atoms with Gasteiger partial charge in [-0.3, -0.25) is 24.2 Å². The summed E-state index contributed by atoms with van der Waals surface area (Å²) in [4.78, 5) is 24.9. The molecule has 8 N–H and O–H groups in total. The van der Waals surface area contributed by atoms with Crippen LogP contribution in [0.15, 0.2) is 102 Å². The number of phenolic OH excluding ortho intramolecular Hbond substituents is 1. The van der Waals surface area contributed by atoms with Gasteiger partial charge in [0.05, 0.1) is 33.1 Å². The van der Waals surface area contributed by atoms with Gasteiger partial charge in [0.15, 0.2) is 17.2 Å². The molecule has 2 aromatic heterocycles. The molecule has 0 atom stereocenters. The number of aliphatic carboxylic acids is 1. The maximum absolute atomic E-state index is 13.0. The number of rotatable bonds is 7. The first kappa shape index (κ1) is 37.5. The maximum Gasteiger partial charge on any atom is 0.300 e. The number of hydrogen-bond acceptors (Lipinski definition) is 14. The van der Waals surface area contributed by atoms with Crippen LogP contribution in [0.3, 0.4) is 0 Å². The molecule has 2 heterocycles. The molecule has 1 radical (unpaired) electrons. The van der Waals surface area contributed by atoms with Crippen LogP contribution >= 0.6 is 10.9 Å². The van der Waals surface area contributed by atoms with Crippen molar-refractivity contribution in [3.63, 3.8) is 0 Å². The molecule has 0 aliphatic heterocycles. The molecular formula is C27H25CuN7O11S2. The van der Waals surface area contributed by atoms with Crippen molar-refractivity contribution < 1.29 is 63.8 Å². The van der Waals surface area contributed by atoms with E-state index in [0.717, 1.165) is 29.9 Å². The molecule has 0 aliphatic rings. The number of pyridine rings is 1. The number of aromatic hydroxyl groups is 2. The fraction of sp³-hybridized carbons (Fsp3) is 0.0741. The molecular weight excluding hydrogens is 726 g/mol. The van der Waals surface area contributed by atoms with Crippen LogP contribution in [0.1, 0.15) is 12.6 Å². The third kappa shape index (κ3) is 8.67. The molecule has 18 nitrogen and oxygen atoms in total. The van der Waals surface area contributed by atoms with Crippen LogP contribution in [0.4, 0.5) is 22.7 Å². The molecule has 0 aliphatic carbocycles. The van der Waals surface area contributed by atoms with E-state index in [2.05, 4.69) is 30.5 Å². The number of carboxylic acids is 1. The van der Waals surface area contributed by atoms with Crippen molar-refractivity contribution in [1.29, 1.82) is 0 Å². The third-order valence-corrected chi connectivity index (χ3v) is 7.83. The molecule has 0 bridgehead atoms. The number of carbonyl (C=O) groups is 1. The summed E-state index contributed by atoms with van der Waals surface area (Å²) in [5, 5.41) is 47.2. The zero-order chi connectivity index (χ0) is 34.7. The summed E-state index contributed by atoms with van der Waals surface area (Å²) in [7, 11) is -8.78. The van der Waals surface area contributed by atoms with Gasteiger partial charge in [0.25, 0.3) is 21.6 Å². The van der Waals surface area contributed by atoms with Crippen LogP contribution in [0.5, 0.6) is 11.5 Å². The molecule has 0 spiro atoms. The number of fused-ring (bicyclic) bond motifs is 1. The van der Waals surface area contributed by atoms with Crippen LogP contribution in [0.25, 0.3) is 16.5 Å². The van der Waals surface area contributed by atoms with Gasteiger partial charge in [0.1, 0.15) is 22.2 Å². The summed E-state index contributed by atoms with van der Waals surface area (Å²) in [5.74, 6) is -1.76. The number of aromatic amines is 1. The SMILES string of the molecule is CC(=O)O.Cc1[nH]n(-c2ccc(S(=O)(=O)O)cc2)c(=O)c1N=Nc1ccc2cc(S(O)(O)O)c(N=Nc3ccncc3O)c(O)c2c1.[Cu]. The van der Waals surface area contributed by atoms with Gasteiger partial charge in [-0.25, -0.2) is 4.68 Å². The summed E-state index contributed by atoms with van der Waals surface area (Å²) in [6, 6.07) is 11.7. The van der Waals surface area contributed by atoms with E-state index in [1.54, 1.807) is 6.92 Å². The van der Waals surface area contributed by atoms with Crippen LogP contribution in [0.2, 0.25) is 0 Å². The largest absolute Gasteiger partial charge is 0.505 e. The summed E-state index contributed by atoms with van der Waals surface area (Å²) in [6.07, 6.45) is 2.43. The Hall–Kier alpha value is -4.99. The Balaban J connectivity index is 0.00000118. The van der Waals surface area contributed by atoms with E-state index < -0.39 is 48.8 Å². The minimum absolute atomic E-state index is 0. The molecule has 5 rings (SSSR count). The van der Waals surface area contributed by atoms with Crippen LogP contribution in [-0.2, 0) is 32.0 Å². The fourth-order valence-corrected chi connectivity index (χ4v) is 5.14. The Kier molecular flexibility index (Phi) is 11.6. The molecule has 21 heteroatoms. The second kappa shape index (κ2) is 14.8. The van der Waals surface area contributed by atoms with Crippen LogP contribution in [0, 0.1) is 6.92 Å². The molecule has 0 fully saturated rings. The minimum atomic E-state index is -4.41. The quantitative estimate of drug-likeness (QED) is 0.0525. The maximum atomic E-state index is 13.0. The predicted molar refractivity (Wildman–Crippen MR) is 168 cm³/mol. The topological polar surface area (TPSA) is 293 Å². The number of carboxylic acid groups (broad SMARTS) is 1. The van der Waals surface area contributed by atoms with Gasteiger partial charge in [-0.2, -0.15) is 13.5 Å². The summed E-state index contributed by atoms with van der Waals surface area (Å²) in [5.41, 5.74) is -0.432.